The van der Waals surface area contributed by atoms with Crippen molar-refractivity contribution in [1.29, 1.82) is 5.26 Å². The van der Waals surface area contributed by atoms with E-state index in [2.05, 4.69) is 16.4 Å². The van der Waals surface area contributed by atoms with E-state index in [1.54, 1.807) is 39.2 Å². The summed E-state index contributed by atoms with van der Waals surface area (Å²) in [5, 5.41) is 11.6. The Morgan fingerprint density at radius 1 is 1.65 bits per heavy atom. The molecule has 1 N–H and O–H groups in total. The Morgan fingerprint density at radius 2 is 2.35 bits per heavy atom. The minimum Gasteiger partial charge on any atom is -0.373 e. The predicted molar refractivity (Wildman–Crippen MR) is 65.5 cm³/mol. The molecule has 0 fully saturated rings. The third kappa shape index (κ3) is 3.45. The number of aromatic nitrogens is 1. The van der Waals surface area contributed by atoms with Crippen LogP contribution in [-0.2, 0) is 0 Å². The van der Waals surface area contributed by atoms with Gasteiger partial charge in [0.25, 0.3) is 5.91 Å². The number of pyridine rings is 1. The fourth-order valence-corrected chi connectivity index (χ4v) is 1.42. The largest absolute Gasteiger partial charge is 0.373 e. The Morgan fingerprint density at radius 3 is 2.94 bits per heavy atom. The summed E-state index contributed by atoms with van der Waals surface area (Å²) in [4.78, 5) is 17.7. The Labute approximate surface area is 101 Å². The number of carbonyl (C=O) groups is 1. The SMILES string of the molecule is CNc1cccc(C(=O)N(C)CC(C)C#N)n1. The molecule has 1 amide bonds. The number of nitrogens with one attached hydrogen (secondary N) is 1. The lowest BCUT2D eigenvalue weighted by Crippen LogP contribution is -2.31. The molecule has 5 nitrogen and oxygen atoms in total. The van der Waals surface area contributed by atoms with Gasteiger partial charge in [0.05, 0.1) is 12.0 Å². The van der Waals surface area contributed by atoms with Crippen LogP contribution in [0.15, 0.2) is 18.2 Å². The lowest BCUT2D eigenvalue weighted by Gasteiger charge is -2.17. The Balaban J connectivity index is 2.78. The molecule has 17 heavy (non-hydrogen) atoms. The van der Waals surface area contributed by atoms with Gasteiger partial charge in [-0.25, -0.2) is 4.98 Å². The van der Waals surface area contributed by atoms with Crippen LogP contribution in [0.2, 0.25) is 0 Å². The van der Waals surface area contributed by atoms with Crippen molar-refractivity contribution >= 4 is 11.7 Å². The van der Waals surface area contributed by atoms with Gasteiger partial charge in [-0.3, -0.25) is 4.79 Å². The molecular weight excluding hydrogens is 216 g/mol. The minimum atomic E-state index is -0.184. The third-order valence-electron chi connectivity index (χ3n) is 2.34. The molecule has 0 bridgehead atoms. The molecule has 0 radical (unpaired) electrons. The van der Waals surface area contributed by atoms with Crippen molar-refractivity contribution in [3.8, 4) is 6.07 Å². The standard InChI is InChI=1S/C12H16N4O/c1-9(7-13)8-16(3)12(17)10-5-4-6-11(14-2)15-10/h4-6,9H,8H2,1-3H3,(H,14,15). The van der Waals surface area contributed by atoms with Crippen LogP contribution in [0.4, 0.5) is 5.82 Å². The van der Waals surface area contributed by atoms with Gasteiger partial charge in [0, 0.05) is 20.6 Å². The van der Waals surface area contributed by atoms with Crippen molar-refractivity contribution in [3.05, 3.63) is 23.9 Å². The lowest BCUT2D eigenvalue weighted by atomic mass is 10.2. The maximum atomic E-state index is 12.0. The normalized spacial score (nSPS) is 11.4. The zero-order chi connectivity index (χ0) is 12.8. The van der Waals surface area contributed by atoms with Crippen molar-refractivity contribution in [2.24, 2.45) is 5.92 Å². The molecule has 0 spiro atoms. The zero-order valence-corrected chi connectivity index (χ0v) is 10.3. The van der Waals surface area contributed by atoms with Gasteiger partial charge in [0.15, 0.2) is 0 Å². The van der Waals surface area contributed by atoms with E-state index >= 15 is 0 Å². The molecule has 1 unspecified atom stereocenters. The summed E-state index contributed by atoms with van der Waals surface area (Å²) >= 11 is 0. The second kappa shape index (κ2) is 5.85. The third-order valence-corrected chi connectivity index (χ3v) is 2.34. The fraction of sp³-hybridized carbons (Fsp3) is 0.417. The molecule has 0 aromatic carbocycles. The van der Waals surface area contributed by atoms with Crippen molar-refractivity contribution in [1.82, 2.24) is 9.88 Å². The number of amides is 1. The quantitative estimate of drug-likeness (QED) is 0.850. The first-order valence-electron chi connectivity index (χ1n) is 5.38. The van der Waals surface area contributed by atoms with Crippen LogP contribution >= 0.6 is 0 Å². The Kier molecular flexibility index (Phi) is 4.46. The monoisotopic (exact) mass is 232 g/mol. The molecule has 1 heterocycles. The summed E-state index contributed by atoms with van der Waals surface area (Å²) in [5.41, 5.74) is 0.379. The van der Waals surface area contributed by atoms with Crippen LogP contribution in [0.1, 0.15) is 17.4 Å². The van der Waals surface area contributed by atoms with Crippen molar-refractivity contribution in [2.75, 3.05) is 26.0 Å². The van der Waals surface area contributed by atoms with Crippen LogP contribution < -0.4 is 5.32 Å². The molecule has 0 saturated carbocycles. The van der Waals surface area contributed by atoms with Gasteiger partial charge in [0.2, 0.25) is 0 Å². The summed E-state index contributed by atoms with van der Waals surface area (Å²) in [7, 11) is 3.42. The van der Waals surface area contributed by atoms with Crippen LogP contribution in [0, 0.1) is 17.2 Å². The van der Waals surface area contributed by atoms with Crippen LogP contribution in [0.25, 0.3) is 0 Å². The molecule has 1 aromatic heterocycles. The summed E-state index contributed by atoms with van der Waals surface area (Å²) in [6, 6.07) is 7.32. The van der Waals surface area contributed by atoms with Crippen molar-refractivity contribution < 1.29 is 4.79 Å². The van der Waals surface area contributed by atoms with Crippen LogP contribution in [-0.4, -0.2) is 36.4 Å². The topological polar surface area (TPSA) is 69.0 Å². The molecule has 0 aliphatic carbocycles. The molecule has 0 aliphatic heterocycles. The van der Waals surface area contributed by atoms with Crippen molar-refractivity contribution in [3.63, 3.8) is 0 Å². The van der Waals surface area contributed by atoms with E-state index in [-0.39, 0.29) is 11.8 Å². The molecule has 1 aromatic rings. The average molecular weight is 232 g/mol. The number of hydrogen-bond acceptors (Lipinski definition) is 4. The van der Waals surface area contributed by atoms with Gasteiger partial charge < -0.3 is 10.2 Å². The summed E-state index contributed by atoms with van der Waals surface area (Å²) < 4.78 is 0. The maximum Gasteiger partial charge on any atom is 0.272 e. The number of hydrogen-bond donors (Lipinski definition) is 1. The van der Waals surface area contributed by atoms with Crippen LogP contribution in [0.3, 0.4) is 0 Å². The lowest BCUT2D eigenvalue weighted by molar-refractivity contribution is 0.0779. The highest BCUT2D eigenvalue weighted by Gasteiger charge is 2.15. The number of nitrogens with zero attached hydrogens (tertiary/aromatic N) is 3. The maximum absolute atomic E-state index is 12.0. The zero-order valence-electron chi connectivity index (χ0n) is 10.3. The number of rotatable bonds is 4. The smallest absolute Gasteiger partial charge is 0.272 e. The molecule has 90 valence electrons. The van der Waals surface area contributed by atoms with E-state index in [1.807, 2.05) is 0 Å². The molecule has 0 saturated heterocycles. The highest BCUT2D eigenvalue weighted by Crippen LogP contribution is 2.07. The van der Waals surface area contributed by atoms with Crippen LogP contribution in [0.5, 0.6) is 0 Å². The number of anilines is 1. The molecule has 0 aliphatic rings. The highest BCUT2D eigenvalue weighted by molar-refractivity contribution is 5.92. The molecular formula is C12H16N4O. The first-order chi connectivity index (χ1) is 8.08. The van der Waals surface area contributed by atoms with Gasteiger partial charge in [-0.1, -0.05) is 6.07 Å². The van der Waals surface area contributed by atoms with Gasteiger partial charge in [-0.2, -0.15) is 5.26 Å². The Bertz CT molecular complexity index is 438. The average Bonchev–Trinajstić information content (AvgIpc) is 2.37. The summed E-state index contributed by atoms with van der Waals surface area (Å²) in [6.45, 7) is 2.18. The van der Waals surface area contributed by atoms with E-state index in [1.165, 1.54) is 4.90 Å². The van der Waals surface area contributed by atoms with E-state index < -0.39 is 0 Å². The van der Waals surface area contributed by atoms with Gasteiger partial charge in [-0.05, 0) is 19.1 Å². The first-order valence-corrected chi connectivity index (χ1v) is 5.38. The molecule has 5 heteroatoms. The fourth-order valence-electron chi connectivity index (χ4n) is 1.42. The van der Waals surface area contributed by atoms with Gasteiger partial charge in [-0.15, -0.1) is 0 Å². The van der Waals surface area contributed by atoms with E-state index in [0.717, 1.165) is 0 Å². The van der Waals surface area contributed by atoms with Crippen molar-refractivity contribution in [2.45, 2.75) is 6.92 Å². The second-order valence-corrected chi connectivity index (χ2v) is 3.87. The Hall–Kier alpha value is -2.09. The number of carbonyl (C=O) groups excluding carboxylic acids is 1. The summed E-state index contributed by atoms with van der Waals surface area (Å²) in [5.74, 6) is 0.290. The molecule has 1 rings (SSSR count). The van der Waals surface area contributed by atoms with E-state index in [4.69, 9.17) is 5.26 Å². The minimum absolute atomic E-state index is 0.177. The first kappa shape index (κ1) is 13.0. The van der Waals surface area contributed by atoms with Gasteiger partial charge >= 0.3 is 0 Å². The molecule has 1 atom stereocenters. The van der Waals surface area contributed by atoms with E-state index in [0.29, 0.717) is 18.1 Å². The van der Waals surface area contributed by atoms with Gasteiger partial charge in [0.1, 0.15) is 11.5 Å². The second-order valence-electron chi connectivity index (χ2n) is 3.87. The predicted octanol–water partition coefficient (Wildman–Crippen LogP) is 1.35. The highest BCUT2D eigenvalue weighted by atomic mass is 16.2. The van der Waals surface area contributed by atoms with E-state index in [9.17, 15) is 4.79 Å². The number of nitriles is 1. The summed E-state index contributed by atoms with van der Waals surface area (Å²) in [6.07, 6.45) is 0.